The Kier molecular flexibility index (Phi) is 1.07. The van der Waals surface area contributed by atoms with Gasteiger partial charge in [-0.05, 0) is 19.1 Å². The van der Waals surface area contributed by atoms with Gasteiger partial charge in [-0.15, -0.1) is 0 Å². The molecule has 2 aliphatic heterocycles. The molecule has 0 unspecified atom stereocenters. The van der Waals surface area contributed by atoms with Gasteiger partial charge in [0, 0.05) is 5.57 Å². The van der Waals surface area contributed by atoms with Crippen molar-refractivity contribution in [2.24, 2.45) is 0 Å². The van der Waals surface area contributed by atoms with Crippen LogP contribution in [0.1, 0.15) is 6.92 Å². The number of hydrogen-bond acceptors (Lipinski definition) is 2. The summed E-state index contributed by atoms with van der Waals surface area (Å²) >= 11 is 0. The van der Waals surface area contributed by atoms with Crippen molar-refractivity contribution in [3.8, 4) is 0 Å². The first kappa shape index (κ1) is 5.59. The molecule has 2 aliphatic rings. The van der Waals surface area contributed by atoms with E-state index in [1.807, 2.05) is 19.1 Å². The fraction of sp³-hybridized carbons (Fsp3) is 0.250. The fourth-order valence-electron chi connectivity index (χ4n) is 1.04. The highest BCUT2D eigenvalue weighted by molar-refractivity contribution is 5.41. The molecule has 0 saturated carbocycles. The van der Waals surface area contributed by atoms with E-state index in [9.17, 15) is 0 Å². The average molecular weight is 136 g/mol. The molecule has 10 heavy (non-hydrogen) atoms. The molecule has 0 amide bonds. The molecule has 0 radical (unpaired) electrons. The van der Waals surface area contributed by atoms with Gasteiger partial charge in [0.2, 0.25) is 0 Å². The molecule has 0 aromatic rings. The predicted molar refractivity (Wildman–Crippen MR) is 37.0 cm³/mol. The molecule has 0 aromatic heterocycles. The minimum Gasteiger partial charge on any atom is -0.486 e. The summed E-state index contributed by atoms with van der Waals surface area (Å²) in [5, 5.41) is 0. The smallest absolute Gasteiger partial charge is 0.161 e. The quantitative estimate of drug-likeness (QED) is 0.504. The van der Waals surface area contributed by atoms with Gasteiger partial charge in [-0.25, -0.2) is 0 Å². The third-order valence-corrected chi connectivity index (χ3v) is 1.54. The van der Waals surface area contributed by atoms with Crippen LogP contribution < -0.4 is 0 Å². The number of rotatable bonds is 0. The highest BCUT2D eigenvalue weighted by Crippen LogP contribution is 2.25. The molecule has 0 N–H and O–H groups in total. The van der Waals surface area contributed by atoms with Gasteiger partial charge < -0.3 is 9.47 Å². The molecule has 0 bridgehead atoms. The summed E-state index contributed by atoms with van der Waals surface area (Å²) in [6.45, 7) is 2.60. The zero-order valence-corrected chi connectivity index (χ0v) is 5.76. The van der Waals surface area contributed by atoms with Crippen LogP contribution in [-0.2, 0) is 9.47 Å². The van der Waals surface area contributed by atoms with Gasteiger partial charge in [-0.2, -0.15) is 0 Å². The zero-order chi connectivity index (χ0) is 6.97. The SMILES string of the molecule is CC1=CC2=CCOC2=CO1. The number of ether oxygens (including phenoxy) is 2. The molecule has 0 fully saturated rings. The van der Waals surface area contributed by atoms with Crippen LogP contribution in [0.5, 0.6) is 0 Å². The maximum Gasteiger partial charge on any atom is 0.161 e. The van der Waals surface area contributed by atoms with E-state index in [2.05, 4.69) is 0 Å². The maximum atomic E-state index is 5.20. The van der Waals surface area contributed by atoms with Crippen molar-refractivity contribution in [1.29, 1.82) is 0 Å². The van der Waals surface area contributed by atoms with E-state index in [4.69, 9.17) is 9.47 Å². The van der Waals surface area contributed by atoms with E-state index >= 15 is 0 Å². The molecule has 2 rings (SSSR count). The van der Waals surface area contributed by atoms with Gasteiger partial charge in [-0.1, -0.05) is 0 Å². The second kappa shape index (κ2) is 1.90. The topological polar surface area (TPSA) is 18.5 Å². The molecule has 0 aromatic carbocycles. The van der Waals surface area contributed by atoms with Crippen LogP contribution in [-0.4, -0.2) is 6.61 Å². The summed E-state index contributed by atoms with van der Waals surface area (Å²) in [5.41, 5.74) is 1.14. The molecule has 0 saturated heterocycles. The van der Waals surface area contributed by atoms with Gasteiger partial charge in [0.15, 0.2) is 5.76 Å². The molecule has 2 heteroatoms. The summed E-state index contributed by atoms with van der Waals surface area (Å²) < 4.78 is 10.3. The Balaban J connectivity index is 2.36. The number of fused-ring (bicyclic) bond motifs is 1. The molecule has 52 valence electrons. The summed E-state index contributed by atoms with van der Waals surface area (Å²) in [6.07, 6.45) is 5.66. The molecule has 2 heterocycles. The second-order valence-corrected chi connectivity index (χ2v) is 2.33. The summed E-state index contributed by atoms with van der Waals surface area (Å²) in [6, 6.07) is 0. The largest absolute Gasteiger partial charge is 0.486 e. The molecular formula is C8H8O2. The van der Waals surface area contributed by atoms with Crippen molar-refractivity contribution >= 4 is 0 Å². The molecular weight excluding hydrogens is 128 g/mol. The Morgan fingerprint density at radius 2 is 2.40 bits per heavy atom. The van der Waals surface area contributed by atoms with Crippen molar-refractivity contribution in [3.05, 3.63) is 35.5 Å². The van der Waals surface area contributed by atoms with Crippen molar-refractivity contribution in [2.75, 3.05) is 6.61 Å². The van der Waals surface area contributed by atoms with E-state index in [0.29, 0.717) is 6.61 Å². The zero-order valence-electron chi connectivity index (χ0n) is 5.76. The van der Waals surface area contributed by atoms with E-state index < -0.39 is 0 Å². The van der Waals surface area contributed by atoms with E-state index in [1.165, 1.54) is 0 Å². The van der Waals surface area contributed by atoms with Crippen LogP contribution in [0.3, 0.4) is 0 Å². The van der Waals surface area contributed by atoms with E-state index in [0.717, 1.165) is 17.1 Å². The lowest BCUT2D eigenvalue weighted by atomic mass is 10.2. The first-order valence-electron chi connectivity index (χ1n) is 3.25. The first-order chi connectivity index (χ1) is 4.86. The fourth-order valence-corrected chi connectivity index (χ4v) is 1.04. The van der Waals surface area contributed by atoms with E-state index in [-0.39, 0.29) is 0 Å². The van der Waals surface area contributed by atoms with Crippen molar-refractivity contribution in [2.45, 2.75) is 6.92 Å². The van der Waals surface area contributed by atoms with Gasteiger partial charge in [-0.3, -0.25) is 0 Å². The molecule has 0 aliphatic carbocycles. The van der Waals surface area contributed by atoms with Crippen molar-refractivity contribution in [1.82, 2.24) is 0 Å². The Hall–Kier alpha value is -1.18. The standard InChI is InChI=1S/C8H8O2/c1-6-4-7-2-3-9-8(7)5-10-6/h2,4-5H,3H2,1H3. The van der Waals surface area contributed by atoms with Crippen LogP contribution in [0.25, 0.3) is 0 Å². The summed E-state index contributed by atoms with van der Waals surface area (Å²) in [7, 11) is 0. The lowest BCUT2D eigenvalue weighted by molar-refractivity contribution is 0.242. The maximum absolute atomic E-state index is 5.20. The molecule has 0 atom stereocenters. The lowest BCUT2D eigenvalue weighted by Crippen LogP contribution is -1.93. The Labute approximate surface area is 59.4 Å². The minimum absolute atomic E-state index is 0.675. The third kappa shape index (κ3) is 0.727. The number of allylic oxidation sites excluding steroid dienone is 2. The van der Waals surface area contributed by atoms with Crippen LogP contribution in [0, 0.1) is 0 Å². The summed E-state index contributed by atoms with van der Waals surface area (Å²) in [4.78, 5) is 0. The van der Waals surface area contributed by atoms with Crippen molar-refractivity contribution < 1.29 is 9.47 Å². The lowest BCUT2D eigenvalue weighted by Gasteiger charge is -2.09. The minimum atomic E-state index is 0.675. The predicted octanol–water partition coefficient (Wildman–Crippen LogP) is 1.72. The highest BCUT2D eigenvalue weighted by Gasteiger charge is 2.14. The molecule has 2 nitrogen and oxygen atoms in total. The normalized spacial score (nSPS) is 21.5. The van der Waals surface area contributed by atoms with Gasteiger partial charge in [0.25, 0.3) is 0 Å². The average Bonchev–Trinajstić information content (AvgIpc) is 2.33. The van der Waals surface area contributed by atoms with Crippen molar-refractivity contribution in [3.63, 3.8) is 0 Å². The first-order valence-corrected chi connectivity index (χ1v) is 3.25. The monoisotopic (exact) mass is 136 g/mol. The number of hydrogen-bond donors (Lipinski definition) is 0. The van der Waals surface area contributed by atoms with Crippen LogP contribution in [0.4, 0.5) is 0 Å². The Morgan fingerprint density at radius 3 is 3.30 bits per heavy atom. The van der Waals surface area contributed by atoms with E-state index in [1.54, 1.807) is 6.26 Å². The van der Waals surface area contributed by atoms with Gasteiger partial charge in [0.1, 0.15) is 18.6 Å². The van der Waals surface area contributed by atoms with Gasteiger partial charge >= 0.3 is 0 Å². The Bertz CT molecular complexity index is 246. The highest BCUT2D eigenvalue weighted by atomic mass is 16.5. The van der Waals surface area contributed by atoms with Crippen LogP contribution in [0.15, 0.2) is 35.5 Å². The Morgan fingerprint density at radius 1 is 1.50 bits per heavy atom. The summed E-state index contributed by atoms with van der Waals surface area (Å²) in [5.74, 6) is 1.77. The van der Waals surface area contributed by atoms with Gasteiger partial charge in [0.05, 0.1) is 0 Å². The van der Waals surface area contributed by atoms with Crippen LogP contribution >= 0.6 is 0 Å². The van der Waals surface area contributed by atoms with Crippen LogP contribution in [0.2, 0.25) is 0 Å². The second-order valence-electron chi connectivity index (χ2n) is 2.33. The molecule has 0 spiro atoms. The third-order valence-electron chi connectivity index (χ3n) is 1.54.